The number of carbonyl (C=O) groups excluding carboxylic acids is 3. The summed E-state index contributed by atoms with van der Waals surface area (Å²) < 4.78 is 4.60. The van der Waals surface area contributed by atoms with Gasteiger partial charge in [-0.3, -0.25) is 9.59 Å². The molecule has 22 heavy (non-hydrogen) atoms. The van der Waals surface area contributed by atoms with Gasteiger partial charge in [0.2, 0.25) is 11.8 Å². The van der Waals surface area contributed by atoms with E-state index in [-0.39, 0.29) is 18.2 Å². The Hall–Kier alpha value is -2.37. The second kappa shape index (κ2) is 7.59. The molecule has 6 nitrogen and oxygen atoms in total. The monoisotopic (exact) mass is 304 g/mol. The maximum absolute atomic E-state index is 12.0. The third kappa shape index (κ3) is 4.31. The number of hydrogen-bond acceptors (Lipinski definition) is 4. The number of piperidine rings is 1. The summed E-state index contributed by atoms with van der Waals surface area (Å²) in [6.07, 6.45) is 2.99. The number of methoxy groups -OCH3 is 1. The molecule has 0 radical (unpaired) electrons. The molecule has 0 spiro atoms. The number of ether oxygens (including phenoxy) is 1. The second-order valence-corrected chi connectivity index (χ2v) is 5.24. The van der Waals surface area contributed by atoms with Gasteiger partial charge in [-0.1, -0.05) is 0 Å². The Bertz CT molecular complexity index is 548. The van der Waals surface area contributed by atoms with Gasteiger partial charge in [-0.15, -0.1) is 0 Å². The lowest BCUT2D eigenvalue weighted by Gasteiger charge is -2.26. The molecule has 6 heteroatoms. The SMILES string of the molecule is COC(=O)c1ccc(NC(=O)CC(=O)N2CCCCC2)cc1. The Morgan fingerprint density at radius 1 is 1.09 bits per heavy atom. The number of nitrogens with one attached hydrogen (secondary N) is 1. The molecule has 1 aliphatic heterocycles. The Morgan fingerprint density at radius 2 is 1.73 bits per heavy atom. The number of esters is 1. The average Bonchev–Trinajstić information content (AvgIpc) is 2.55. The quantitative estimate of drug-likeness (QED) is 0.680. The summed E-state index contributed by atoms with van der Waals surface area (Å²) in [5.41, 5.74) is 0.953. The molecule has 1 N–H and O–H groups in total. The Labute approximate surface area is 129 Å². The van der Waals surface area contributed by atoms with Gasteiger partial charge >= 0.3 is 5.97 Å². The van der Waals surface area contributed by atoms with E-state index < -0.39 is 5.97 Å². The number of hydrogen-bond donors (Lipinski definition) is 1. The number of carbonyl (C=O) groups is 3. The van der Waals surface area contributed by atoms with Crippen LogP contribution < -0.4 is 5.32 Å². The van der Waals surface area contributed by atoms with Crippen LogP contribution in [0.3, 0.4) is 0 Å². The molecule has 0 aliphatic carbocycles. The average molecular weight is 304 g/mol. The molecule has 1 fully saturated rings. The summed E-state index contributed by atoms with van der Waals surface area (Å²) >= 11 is 0. The van der Waals surface area contributed by atoms with Crippen LogP contribution in [-0.2, 0) is 14.3 Å². The molecule has 1 aromatic carbocycles. The molecule has 0 atom stereocenters. The first-order valence-corrected chi connectivity index (χ1v) is 7.36. The molecular weight excluding hydrogens is 284 g/mol. The van der Waals surface area contributed by atoms with E-state index in [1.165, 1.54) is 7.11 Å². The van der Waals surface area contributed by atoms with Crippen LogP contribution in [-0.4, -0.2) is 42.9 Å². The number of amides is 2. The van der Waals surface area contributed by atoms with Gasteiger partial charge in [-0.2, -0.15) is 0 Å². The topological polar surface area (TPSA) is 75.7 Å². The fourth-order valence-corrected chi connectivity index (χ4v) is 2.41. The van der Waals surface area contributed by atoms with Gasteiger partial charge in [0.1, 0.15) is 6.42 Å². The highest BCUT2D eigenvalue weighted by Gasteiger charge is 2.19. The van der Waals surface area contributed by atoms with E-state index in [9.17, 15) is 14.4 Å². The van der Waals surface area contributed by atoms with Crippen molar-refractivity contribution in [2.45, 2.75) is 25.7 Å². The molecular formula is C16H20N2O4. The predicted octanol–water partition coefficient (Wildman–Crippen LogP) is 1.81. The van der Waals surface area contributed by atoms with Crippen molar-refractivity contribution in [2.24, 2.45) is 0 Å². The van der Waals surface area contributed by atoms with Crippen LogP contribution in [0.1, 0.15) is 36.0 Å². The predicted molar refractivity (Wildman–Crippen MR) is 81.5 cm³/mol. The third-order valence-corrected chi connectivity index (χ3v) is 3.61. The van der Waals surface area contributed by atoms with Crippen LogP contribution in [0.2, 0.25) is 0 Å². The van der Waals surface area contributed by atoms with Crippen LogP contribution in [0.5, 0.6) is 0 Å². The molecule has 0 unspecified atom stereocenters. The van der Waals surface area contributed by atoms with E-state index in [4.69, 9.17) is 0 Å². The first-order chi connectivity index (χ1) is 10.6. The van der Waals surface area contributed by atoms with Crippen LogP contribution in [0.25, 0.3) is 0 Å². The first kappa shape index (κ1) is 16.0. The van der Waals surface area contributed by atoms with E-state index in [2.05, 4.69) is 10.1 Å². The molecule has 1 heterocycles. The fourth-order valence-electron chi connectivity index (χ4n) is 2.41. The highest BCUT2D eigenvalue weighted by molar-refractivity contribution is 6.03. The number of benzene rings is 1. The molecule has 0 saturated carbocycles. The van der Waals surface area contributed by atoms with E-state index >= 15 is 0 Å². The standard InChI is InChI=1S/C16H20N2O4/c1-22-16(21)12-5-7-13(8-6-12)17-14(19)11-15(20)18-9-3-2-4-10-18/h5-8H,2-4,9-11H2,1H3,(H,17,19). The van der Waals surface area contributed by atoms with Crippen LogP contribution >= 0.6 is 0 Å². The summed E-state index contributed by atoms with van der Waals surface area (Å²) in [6, 6.07) is 6.34. The lowest BCUT2D eigenvalue weighted by atomic mass is 10.1. The lowest BCUT2D eigenvalue weighted by molar-refractivity contribution is -0.135. The summed E-state index contributed by atoms with van der Waals surface area (Å²) in [4.78, 5) is 36.9. The van der Waals surface area contributed by atoms with Crippen molar-refractivity contribution in [1.82, 2.24) is 4.90 Å². The van der Waals surface area contributed by atoms with Gasteiger partial charge in [0.25, 0.3) is 0 Å². The largest absolute Gasteiger partial charge is 0.465 e. The normalized spacial score (nSPS) is 14.3. The zero-order valence-corrected chi connectivity index (χ0v) is 12.6. The summed E-state index contributed by atoms with van der Waals surface area (Å²) in [6.45, 7) is 1.47. The Balaban J connectivity index is 1.86. The van der Waals surface area contributed by atoms with Gasteiger partial charge in [0.15, 0.2) is 0 Å². The maximum atomic E-state index is 12.0. The van der Waals surface area contributed by atoms with Crippen molar-refractivity contribution in [2.75, 3.05) is 25.5 Å². The Morgan fingerprint density at radius 3 is 2.32 bits per heavy atom. The highest BCUT2D eigenvalue weighted by atomic mass is 16.5. The Kier molecular flexibility index (Phi) is 5.52. The number of likely N-dealkylation sites (tertiary alicyclic amines) is 1. The minimum absolute atomic E-state index is 0.136. The second-order valence-electron chi connectivity index (χ2n) is 5.24. The zero-order valence-electron chi connectivity index (χ0n) is 12.6. The molecule has 1 aliphatic rings. The maximum Gasteiger partial charge on any atom is 0.337 e. The minimum atomic E-state index is -0.432. The third-order valence-electron chi connectivity index (χ3n) is 3.61. The highest BCUT2D eigenvalue weighted by Crippen LogP contribution is 2.13. The first-order valence-electron chi connectivity index (χ1n) is 7.36. The van der Waals surface area contributed by atoms with Gasteiger partial charge in [-0.25, -0.2) is 4.79 Å². The van der Waals surface area contributed by atoms with Crippen molar-refractivity contribution >= 4 is 23.5 Å². The van der Waals surface area contributed by atoms with Crippen molar-refractivity contribution in [3.05, 3.63) is 29.8 Å². The van der Waals surface area contributed by atoms with E-state index in [0.717, 1.165) is 32.4 Å². The molecule has 2 amide bonds. The smallest absolute Gasteiger partial charge is 0.337 e. The van der Waals surface area contributed by atoms with Crippen molar-refractivity contribution in [3.8, 4) is 0 Å². The van der Waals surface area contributed by atoms with Gasteiger partial charge in [0.05, 0.1) is 12.7 Å². The number of nitrogens with zero attached hydrogens (tertiary/aromatic N) is 1. The van der Waals surface area contributed by atoms with Crippen LogP contribution in [0, 0.1) is 0 Å². The number of anilines is 1. The molecule has 118 valence electrons. The number of rotatable bonds is 4. The molecule has 2 rings (SSSR count). The summed E-state index contributed by atoms with van der Waals surface area (Å²) in [7, 11) is 1.31. The zero-order chi connectivity index (χ0) is 15.9. The van der Waals surface area contributed by atoms with Crippen molar-refractivity contribution in [3.63, 3.8) is 0 Å². The summed E-state index contributed by atoms with van der Waals surface area (Å²) in [5, 5.41) is 2.66. The lowest BCUT2D eigenvalue weighted by Crippen LogP contribution is -2.37. The minimum Gasteiger partial charge on any atom is -0.465 e. The van der Waals surface area contributed by atoms with Gasteiger partial charge < -0.3 is 15.0 Å². The summed E-state index contributed by atoms with van der Waals surface area (Å²) in [5.74, 6) is -0.914. The molecule has 0 bridgehead atoms. The fraction of sp³-hybridized carbons (Fsp3) is 0.438. The molecule has 1 aromatic rings. The van der Waals surface area contributed by atoms with E-state index in [1.54, 1.807) is 29.2 Å². The van der Waals surface area contributed by atoms with Crippen molar-refractivity contribution < 1.29 is 19.1 Å². The molecule has 0 aromatic heterocycles. The van der Waals surface area contributed by atoms with Crippen molar-refractivity contribution in [1.29, 1.82) is 0 Å². The van der Waals surface area contributed by atoms with Gasteiger partial charge in [-0.05, 0) is 43.5 Å². The van der Waals surface area contributed by atoms with Crippen LogP contribution in [0.4, 0.5) is 5.69 Å². The molecule has 1 saturated heterocycles. The van der Waals surface area contributed by atoms with Crippen LogP contribution in [0.15, 0.2) is 24.3 Å². The van der Waals surface area contributed by atoms with Gasteiger partial charge in [0, 0.05) is 18.8 Å². The van der Waals surface area contributed by atoms with E-state index in [0.29, 0.717) is 11.3 Å². The van der Waals surface area contributed by atoms with E-state index in [1.807, 2.05) is 0 Å².